The molecule has 3 rings (SSSR count). The molecule has 0 saturated carbocycles. The Hall–Kier alpha value is -2.10. The van der Waals surface area contributed by atoms with Crippen molar-refractivity contribution in [3.05, 3.63) is 46.7 Å². The summed E-state index contributed by atoms with van der Waals surface area (Å²) in [6.07, 6.45) is 0.761. The van der Waals surface area contributed by atoms with E-state index in [9.17, 15) is 14.7 Å². The lowest BCUT2D eigenvalue weighted by Crippen LogP contribution is -2.36. The predicted molar refractivity (Wildman–Crippen MR) is 64.9 cm³/mol. The Bertz CT molecular complexity index is 588. The second-order valence-electron chi connectivity index (χ2n) is 4.67. The third kappa shape index (κ3) is 1.32. The molecule has 0 fully saturated rings. The lowest BCUT2D eigenvalue weighted by atomic mass is 9.89. The van der Waals surface area contributed by atoms with Crippen molar-refractivity contribution < 1.29 is 14.7 Å². The monoisotopic (exact) mass is 243 g/mol. The first-order valence-electron chi connectivity index (χ1n) is 5.94. The van der Waals surface area contributed by atoms with Gasteiger partial charge in [-0.25, -0.2) is 0 Å². The number of hydrogen-bond acceptors (Lipinski definition) is 3. The number of carbonyl (C=O) groups excluding carboxylic acids is 2. The van der Waals surface area contributed by atoms with E-state index in [0.29, 0.717) is 6.54 Å². The summed E-state index contributed by atoms with van der Waals surface area (Å²) in [5.74, 6) is -1.06. The molecular formula is C14H13NO3. The molecule has 92 valence electrons. The van der Waals surface area contributed by atoms with Crippen LogP contribution in [0, 0.1) is 0 Å². The number of benzene rings is 1. The molecule has 2 aliphatic heterocycles. The molecule has 4 nitrogen and oxygen atoms in total. The van der Waals surface area contributed by atoms with Crippen LogP contribution in [-0.4, -0.2) is 28.2 Å². The van der Waals surface area contributed by atoms with Gasteiger partial charge in [-0.05, 0) is 24.5 Å². The first-order chi connectivity index (χ1) is 8.61. The molecule has 0 bridgehead atoms. The lowest BCUT2D eigenvalue weighted by Gasteiger charge is -2.32. The standard InChI is InChI=1S/C14H13NO3/c1-8(16)11-12-10-5-3-2-4-9(10)6-7-15(12)14(18)13(11)17/h2-5,12,17H,6-7H2,1H3. The molecule has 1 unspecified atom stereocenters. The Morgan fingerprint density at radius 2 is 2.11 bits per heavy atom. The molecule has 0 aliphatic carbocycles. The van der Waals surface area contributed by atoms with Crippen LogP contribution in [0.3, 0.4) is 0 Å². The maximum Gasteiger partial charge on any atom is 0.290 e. The largest absolute Gasteiger partial charge is 0.503 e. The van der Waals surface area contributed by atoms with Crippen LogP contribution in [0.1, 0.15) is 24.1 Å². The fourth-order valence-electron chi connectivity index (χ4n) is 2.84. The van der Waals surface area contributed by atoms with Crippen molar-refractivity contribution in [3.63, 3.8) is 0 Å². The molecule has 18 heavy (non-hydrogen) atoms. The van der Waals surface area contributed by atoms with Crippen LogP contribution in [0.4, 0.5) is 0 Å². The number of ketones is 1. The van der Waals surface area contributed by atoms with Gasteiger partial charge in [0.1, 0.15) is 0 Å². The zero-order chi connectivity index (χ0) is 12.9. The number of aliphatic hydroxyl groups is 1. The van der Waals surface area contributed by atoms with E-state index in [4.69, 9.17) is 0 Å². The Balaban J connectivity index is 2.20. The van der Waals surface area contributed by atoms with Gasteiger partial charge in [0.15, 0.2) is 11.5 Å². The highest BCUT2D eigenvalue weighted by atomic mass is 16.3. The van der Waals surface area contributed by atoms with Gasteiger partial charge in [0.05, 0.1) is 11.6 Å². The Morgan fingerprint density at radius 3 is 2.83 bits per heavy atom. The highest BCUT2D eigenvalue weighted by Gasteiger charge is 2.44. The normalized spacial score (nSPS) is 21.9. The summed E-state index contributed by atoms with van der Waals surface area (Å²) in [6, 6.07) is 7.35. The molecule has 4 heteroatoms. The molecule has 2 aliphatic rings. The second-order valence-corrected chi connectivity index (χ2v) is 4.67. The quantitative estimate of drug-likeness (QED) is 0.813. The van der Waals surface area contributed by atoms with Crippen molar-refractivity contribution in [3.8, 4) is 0 Å². The second kappa shape index (κ2) is 3.70. The first-order valence-corrected chi connectivity index (χ1v) is 5.94. The summed E-state index contributed by atoms with van der Waals surface area (Å²) in [4.78, 5) is 25.2. The number of hydrogen-bond donors (Lipinski definition) is 1. The van der Waals surface area contributed by atoms with Crippen molar-refractivity contribution >= 4 is 11.7 Å². The van der Waals surface area contributed by atoms with Gasteiger partial charge < -0.3 is 10.0 Å². The molecule has 0 spiro atoms. The highest BCUT2D eigenvalue weighted by molar-refractivity contribution is 6.08. The van der Waals surface area contributed by atoms with E-state index in [1.807, 2.05) is 24.3 Å². The summed E-state index contributed by atoms with van der Waals surface area (Å²) in [5.41, 5.74) is 2.32. The highest BCUT2D eigenvalue weighted by Crippen LogP contribution is 2.41. The fourth-order valence-corrected chi connectivity index (χ4v) is 2.84. The van der Waals surface area contributed by atoms with Crippen LogP contribution in [0.25, 0.3) is 0 Å². The number of rotatable bonds is 1. The maximum absolute atomic E-state index is 11.9. The van der Waals surface area contributed by atoms with Crippen molar-refractivity contribution in [1.29, 1.82) is 0 Å². The molecule has 1 aromatic carbocycles. The summed E-state index contributed by atoms with van der Waals surface area (Å²) >= 11 is 0. The molecule has 1 atom stereocenters. The minimum atomic E-state index is -0.431. The van der Waals surface area contributed by atoms with Crippen molar-refractivity contribution in [2.45, 2.75) is 19.4 Å². The van der Waals surface area contributed by atoms with Crippen LogP contribution in [0.2, 0.25) is 0 Å². The lowest BCUT2D eigenvalue weighted by molar-refractivity contribution is -0.129. The van der Waals surface area contributed by atoms with E-state index in [0.717, 1.165) is 17.5 Å². The molecular weight excluding hydrogens is 230 g/mol. The van der Waals surface area contributed by atoms with Gasteiger partial charge in [0, 0.05) is 6.54 Å². The van der Waals surface area contributed by atoms with Gasteiger partial charge in [0.2, 0.25) is 0 Å². The zero-order valence-corrected chi connectivity index (χ0v) is 10.0. The van der Waals surface area contributed by atoms with Crippen molar-refractivity contribution in [2.24, 2.45) is 0 Å². The molecule has 1 aromatic rings. The maximum atomic E-state index is 11.9. The van der Waals surface area contributed by atoms with Gasteiger partial charge in [-0.15, -0.1) is 0 Å². The van der Waals surface area contributed by atoms with E-state index in [1.54, 1.807) is 4.90 Å². The van der Waals surface area contributed by atoms with Crippen molar-refractivity contribution in [1.82, 2.24) is 4.90 Å². The summed E-state index contributed by atoms with van der Waals surface area (Å²) < 4.78 is 0. The Kier molecular flexibility index (Phi) is 2.26. The van der Waals surface area contributed by atoms with E-state index >= 15 is 0 Å². The number of carbonyl (C=O) groups is 2. The summed E-state index contributed by atoms with van der Waals surface area (Å²) in [7, 11) is 0. The topological polar surface area (TPSA) is 57.6 Å². The zero-order valence-electron chi connectivity index (χ0n) is 10.0. The van der Waals surface area contributed by atoms with Crippen molar-refractivity contribution in [2.75, 3.05) is 6.54 Å². The van der Waals surface area contributed by atoms with Gasteiger partial charge in [-0.2, -0.15) is 0 Å². The fraction of sp³-hybridized carbons (Fsp3) is 0.286. The van der Waals surface area contributed by atoms with E-state index in [1.165, 1.54) is 6.92 Å². The van der Waals surface area contributed by atoms with Gasteiger partial charge >= 0.3 is 0 Å². The number of Topliss-reactive ketones (excluding diaryl/α,β-unsaturated/α-hetero) is 1. The third-order valence-corrected chi connectivity index (χ3v) is 3.65. The van der Waals surface area contributed by atoms with Crippen LogP contribution >= 0.6 is 0 Å². The first kappa shape index (κ1) is 11.0. The average Bonchev–Trinajstić information content (AvgIpc) is 2.63. The Morgan fingerprint density at radius 1 is 1.39 bits per heavy atom. The smallest absolute Gasteiger partial charge is 0.290 e. The average molecular weight is 243 g/mol. The molecule has 0 aromatic heterocycles. The van der Waals surface area contributed by atoms with E-state index < -0.39 is 11.9 Å². The number of aliphatic hydroxyl groups excluding tert-OH is 1. The minimum absolute atomic E-state index is 0.229. The number of nitrogens with zero attached hydrogens (tertiary/aromatic N) is 1. The van der Waals surface area contributed by atoms with Crippen LogP contribution in [-0.2, 0) is 16.0 Å². The van der Waals surface area contributed by atoms with Gasteiger partial charge in [-0.1, -0.05) is 24.3 Å². The molecule has 0 radical (unpaired) electrons. The molecule has 2 heterocycles. The Labute approximate surface area is 105 Å². The van der Waals surface area contributed by atoms with Crippen LogP contribution < -0.4 is 0 Å². The minimum Gasteiger partial charge on any atom is -0.503 e. The van der Waals surface area contributed by atoms with E-state index in [2.05, 4.69) is 0 Å². The van der Waals surface area contributed by atoms with Gasteiger partial charge in [0.25, 0.3) is 5.91 Å². The molecule has 1 N–H and O–H groups in total. The van der Waals surface area contributed by atoms with Crippen LogP contribution in [0.15, 0.2) is 35.6 Å². The third-order valence-electron chi connectivity index (χ3n) is 3.65. The number of amides is 1. The summed E-state index contributed by atoms with van der Waals surface area (Å²) in [5, 5.41) is 9.85. The SMILES string of the molecule is CC(=O)C1=C(O)C(=O)N2CCc3ccccc3C12. The van der Waals surface area contributed by atoms with Crippen LogP contribution in [0.5, 0.6) is 0 Å². The number of fused-ring (bicyclic) bond motifs is 3. The molecule has 1 amide bonds. The van der Waals surface area contributed by atoms with Gasteiger partial charge in [-0.3, -0.25) is 9.59 Å². The van der Waals surface area contributed by atoms with E-state index in [-0.39, 0.29) is 17.1 Å². The predicted octanol–water partition coefficient (Wildman–Crippen LogP) is 1.53. The molecule has 0 saturated heterocycles. The summed E-state index contributed by atoms with van der Waals surface area (Å²) in [6.45, 7) is 1.93.